The maximum atomic E-state index is 15.2. The number of halogens is 2. The summed E-state index contributed by atoms with van der Waals surface area (Å²) in [5.41, 5.74) is 5.46. The van der Waals surface area contributed by atoms with E-state index in [9.17, 15) is 14.0 Å². The summed E-state index contributed by atoms with van der Waals surface area (Å²) in [5.74, 6) is -0.600. The average Bonchev–Trinajstić information content (AvgIpc) is 3.42. The molecule has 182 valence electrons. The third-order valence-corrected chi connectivity index (χ3v) is 6.18. The number of nitrogens with one attached hydrogen (secondary N) is 4. The lowest BCUT2D eigenvalue weighted by Crippen LogP contribution is -2.20. The highest BCUT2D eigenvalue weighted by Crippen LogP contribution is 2.37. The number of aromatic nitrogens is 2. The lowest BCUT2D eigenvalue weighted by atomic mass is 9.92. The van der Waals surface area contributed by atoms with Crippen LogP contribution in [0.2, 0.25) is 0 Å². The van der Waals surface area contributed by atoms with Crippen LogP contribution in [0.25, 0.3) is 22.5 Å². The molecule has 9 heteroatoms. The molecular weight excluding hydrogens is 464 g/mol. The lowest BCUT2D eigenvalue weighted by molar-refractivity contribution is 0.0966. The van der Waals surface area contributed by atoms with Gasteiger partial charge in [0, 0.05) is 40.9 Å². The van der Waals surface area contributed by atoms with E-state index in [-0.39, 0.29) is 24.0 Å². The molecule has 4 N–H and O–H groups in total. The maximum absolute atomic E-state index is 15.2. The first-order valence-corrected chi connectivity index (χ1v) is 11.3. The number of H-pyrrole nitrogens is 1. The first-order chi connectivity index (χ1) is 17.2. The number of carbonyl (C=O) groups excluding carboxylic acids is 2. The Bertz CT molecular complexity index is 1520. The molecular formula is C27H23F2N5O2. The number of aryl methyl sites for hydroxylation is 3. The molecule has 1 aliphatic rings. The third kappa shape index (κ3) is 4.19. The predicted molar refractivity (Wildman–Crippen MR) is 134 cm³/mol. The molecule has 0 saturated carbocycles. The fraction of sp³-hybridized carbons (Fsp3) is 0.148. The zero-order chi connectivity index (χ0) is 25.6. The number of benzene rings is 3. The van der Waals surface area contributed by atoms with E-state index >= 15 is 4.39 Å². The number of rotatable bonds is 4. The standard InChI is InChI=1S/C27H23F2N5O2/c1-13-8-16(28)9-14(2)24(13)34-27(36)33-17-4-5-19(22(29)10-17)18-6-7-20(25-30-11-15(3)32-25)23-21(18)12-31-26(23)35/h4-11H,12H2,1-3H3,(H,30,32)(H,31,35)(H2,33,34,36). The van der Waals surface area contributed by atoms with Gasteiger partial charge in [-0.2, -0.15) is 0 Å². The molecule has 0 radical (unpaired) electrons. The number of carbonyl (C=O) groups is 2. The molecule has 2 heterocycles. The van der Waals surface area contributed by atoms with Crippen LogP contribution in [0.5, 0.6) is 0 Å². The van der Waals surface area contributed by atoms with E-state index in [1.54, 1.807) is 44.3 Å². The van der Waals surface area contributed by atoms with Crippen molar-refractivity contribution in [3.05, 3.63) is 88.2 Å². The van der Waals surface area contributed by atoms with E-state index in [1.807, 2.05) is 6.92 Å². The van der Waals surface area contributed by atoms with Crippen molar-refractivity contribution in [3.63, 3.8) is 0 Å². The number of aromatic amines is 1. The minimum Gasteiger partial charge on any atom is -0.348 e. The Morgan fingerprint density at radius 2 is 1.64 bits per heavy atom. The highest BCUT2D eigenvalue weighted by Gasteiger charge is 2.28. The molecule has 0 fully saturated rings. The van der Waals surface area contributed by atoms with Crippen molar-refractivity contribution in [2.75, 3.05) is 10.6 Å². The van der Waals surface area contributed by atoms with Crippen LogP contribution in [0.1, 0.15) is 32.7 Å². The van der Waals surface area contributed by atoms with Crippen LogP contribution in [-0.4, -0.2) is 21.9 Å². The minimum atomic E-state index is -0.575. The van der Waals surface area contributed by atoms with E-state index in [0.717, 1.165) is 5.69 Å². The molecule has 36 heavy (non-hydrogen) atoms. The van der Waals surface area contributed by atoms with Gasteiger partial charge in [-0.3, -0.25) is 4.79 Å². The summed E-state index contributed by atoms with van der Waals surface area (Å²) in [6.07, 6.45) is 1.68. The summed E-state index contributed by atoms with van der Waals surface area (Å²) in [6, 6.07) is 9.97. The first kappa shape index (κ1) is 23.2. The number of urea groups is 1. The van der Waals surface area contributed by atoms with Gasteiger partial charge in [0.1, 0.15) is 17.5 Å². The normalized spacial score (nSPS) is 12.3. The number of fused-ring (bicyclic) bond motifs is 1. The van der Waals surface area contributed by atoms with Crippen LogP contribution in [0.15, 0.2) is 48.7 Å². The average molecular weight is 488 g/mol. The van der Waals surface area contributed by atoms with Crippen molar-refractivity contribution in [1.29, 1.82) is 0 Å². The van der Waals surface area contributed by atoms with E-state index in [0.29, 0.717) is 50.5 Å². The monoisotopic (exact) mass is 487 g/mol. The Hall–Kier alpha value is -4.53. The van der Waals surface area contributed by atoms with Crippen molar-refractivity contribution < 1.29 is 18.4 Å². The highest BCUT2D eigenvalue weighted by molar-refractivity contribution is 6.06. The van der Waals surface area contributed by atoms with E-state index in [2.05, 4.69) is 25.9 Å². The van der Waals surface area contributed by atoms with Crippen LogP contribution in [0, 0.1) is 32.4 Å². The van der Waals surface area contributed by atoms with Gasteiger partial charge in [0.25, 0.3) is 5.91 Å². The van der Waals surface area contributed by atoms with Crippen molar-refractivity contribution in [2.45, 2.75) is 27.3 Å². The van der Waals surface area contributed by atoms with E-state index < -0.39 is 11.8 Å². The smallest absolute Gasteiger partial charge is 0.323 e. The largest absolute Gasteiger partial charge is 0.348 e. The number of anilines is 2. The van der Waals surface area contributed by atoms with Gasteiger partial charge in [-0.05, 0) is 79.4 Å². The number of imidazole rings is 1. The molecule has 3 amide bonds. The summed E-state index contributed by atoms with van der Waals surface area (Å²) < 4.78 is 28.8. The van der Waals surface area contributed by atoms with Crippen molar-refractivity contribution >= 4 is 23.3 Å². The van der Waals surface area contributed by atoms with E-state index in [1.165, 1.54) is 18.2 Å². The molecule has 3 aromatic carbocycles. The number of hydrogen-bond donors (Lipinski definition) is 4. The Labute approximate surface area is 206 Å². The van der Waals surface area contributed by atoms with Crippen LogP contribution < -0.4 is 16.0 Å². The molecule has 5 rings (SSSR count). The van der Waals surface area contributed by atoms with Crippen molar-refractivity contribution in [3.8, 4) is 22.5 Å². The van der Waals surface area contributed by atoms with Gasteiger partial charge >= 0.3 is 6.03 Å². The summed E-state index contributed by atoms with van der Waals surface area (Å²) >= 11 is 0. The SMILES string of the molecule is Cc1cnc(-c2ccc(-c3ccc(NC(=O)Nc4c(C)cc(F)cc4C)cc3F)c3c2C(=O)NC3)[nH]1. The van der Waals surface area contributed by atoms with Crippen molar-refractivity contribution in [2.24, 2.45) is 0 Å². The molecule has 0 spiro atoms. The van der Waals surface area contributed by atoms with Crippen LogP contribution in [0.4, 0.5) is 25.0 Å². The van der Waals surface area contributed by atoms with Crippen LogP contribution in [-0.2, 0) is 6.54 Å². The molecule has 0 bridgehead atoms. The second kappa shape index (κ2) is 8.92. The molecule has 1 aromatic heterocycles. The van der Waals surface area contributed by atoms with Gasteiger partial charge in [-0.15, -0.1) is 0 Å². The van der Waals surface area contributed by atoms with Crippen LogP contribution in [0.3, 0.4) is 0 Å². The second-order valence-corrected chi connectivity index (χ2v) is 8.80. The zero-order valence-corrected chi connectivity index (χ0v) is 19.8. The summed E-state index contributed by atoms with van der Waals surface area (Å²) in [6.45, 7) is 5.53. The number of hydrogen-bond acceptors (Lipinski definition) is 3. The molecule has 1 aliphatic heterocycles. The Morgan fingerprint density at radius 1 is 0.944 bits per heavy atom. The predicted octanol–water partition coefficient (Wildman–Crippen LogP) is 5.83. The summed E-state index contributed by atoms with van der Waals surface area (Å²) in [5, 5.41) is 8.11. The van der Waals surface area contributed by atoms with Gasteiger partial charge < -0.3 is 20.9 Å². The van der Waals surface area contributed by atoms with Gasteiger partial charge in [0.15, 0.2) is 0 Å². The molecule has 0 atom stereocenters. The fourth-order valence-corrected chi connectivity index (χ4v) is 4.54. The summed E-state index contributed by atoms with van der Waals surface area (Å²) in [4.78, 5) is 32.6. The molecule has 7 nitrogen and oxygen atoms in total. The van der Waals surface area contributed by atoms with Gasteiger partial charge in [-0.25, -0.2) is 18.6 Å². The zero-order valence-electron chi connectivity index (χ0n) is 19.8. The lowest BCUT2D eigenvalue weighted by Gasteiger charge is -2.14. The molecule has 0 aliphatic carbocycles. The van der Waals surface area contributed by atoms with Crippen molar-refractivity contribution in [1.82, 2.24) is 15.3 Å². The first-order valence-electron chi connectivity index (χ1n) is 11.3. The molecule has 0 saturated heterocycles. The van der Waals surface area contributed by atoms with Gasteiger partial charge in [-0.1, -0.05) is 6.07 Å². The Kier molecular flexibility index (Phi) is 5.75. The minimum absolute atomic E-state index is 0.238. The Balaban J connectivity index is 1.42. The third-order valence-electron chi connectivity index (χ3n) is 6.18. The van der Waals surface area contributed by atoms with Gasteiger partial charge in [0.05, 0.1) is 5.56 Å². The quantitative estimate of drug-likeness (QED) is 0.291. The fourth-order valence-electron chi connectivity index (χ4n) is 4.54. The molecule has 0 unspecified atom stereocenters. The maximum Gasteiger partial charge on any atom is 0.323 e. The highest BCUT2D eigenvalue weighted by atomic mass is 19.1. The number of nitrogens with zero attached hydrogens (tertiary/aromatic N) is 1. The van der Waals surface area contributed by atoms with Crippen LogP contribution >= 0.6 is 0 Å². The topological polar surface area (TPSA) is 98.9 Å². The van der Waals surface area contributed by atoms with Gasteiger partial charge in [0.2, 0.25) is 0 Å². The Morgan fingerprint density at radius 3 is 2.31 bits per heavy atom. The van der Waals surface area contributed by atoms with E-state index in [4.69, 9.17) is 0 Å². The molecule has 4 aromatic rings. The summed E-state index contributed by atoms with van der Waals surface area (Å²) in [7, 11) is 0. The second-order valence-electron chi connectivity index (χ2n) is 8.80. The number of amides is 3.